The first kappa shape index (κ1) is 18.6. The summed E-state index contributed by atoms with van der Waals surface area (Å²) in [5, 5.41) is 13.5. The van der Waals surface area contributed by atoms with Crippen LogP contribution in [0.2, 0.25) is 0 Å². The van der Waals surface area contributed by atoms with Crippen molar-refractivity contribution >= 4 is 45.2 Å². The molecule has 0 bridgehead atoms. The molecule has 0 fully saturated rings. The number of benzene rings is 1. The van der Waals surface area contributed by atoms with Crippen molar-refractivity contribution in [3.8, 4) is 10.6 Å². The lowest BCUT2D eigenvalue weighted by Gasteiger charge is -2.05. The SMILES string of the molecule is Cc1c(-c2csc(Cc3nnc4n3CCCCC4)n2)sc2ccccc12.Cl. The van der Waals surface area contributed by atoms with Crippen molar-refractivity contribution in [2.24, 2.45) is 0 Å². The van der Waals surface area contributed by atoms with Crippen molar-refractivity contribution in [2.45, 2.75) is 45.6 Å². The van der Waals surface area contributed by atoms with Gasteiger partial charge < -0.3 is 4.57 Å². The Balaban J connectivity index is 0.00000180. The van der Waals surface area contributed by atoms with E-state index >= 15 is 0 Å². The van der Waals surface area contributed by atoms with Crippen LogP contribution in [-0.2, 0) is 19.4 Å². The first-order chi connectivity index (χ1) is 12.8. The first-order valence-corrected chi connectivity index (χ1v) is 10.8. The molecule has 140 valence electrons. The Kier molecular flexibility index (Phi) is 5.30. The van der Waals surface area contributed by atoms with Gasteiger partial charge in [0.05, 0.1) is 17.0 Å². The van der Waals surface area contributed by atoms with Gasteiger partial charge in [-0.1, -0.05) is 24.6 Å². The minimum atomic E-state index is 0. The summed E-state index contributed by atoms with van der Waals surface area (Å²) in [5.74, 6) is 2.21. The minimum absolute atomic E-state index is 0. The molecular weight excluding hydrogens is 396 g/mol. The van der Waals surface area contributed by atoms with E-state index in [-0.39, 0.29) is 12.4 Å². The zero-order valence-electron chi connectivity index (χ0n) is 15.1. The number of aromatic nitrogens is 4. The Hall–Kier alpha value is -1.76. The van der Waals surface area contributed by atoms with Crippen LogP contribution >= 0.6 is 35.1 Å². The molecule has 0 atom stereocenters. The molecule has 0 unspecified atom stereocenters. The van der Waals surface area contributed by atoms with Gasteiger partial charge in [0.2, 0.25) is 0 Å². The molecule has 1 aromatic carbocycles. The van der Waals surface area contributed by atoms with Crippen LogP contribution in [0.5, 0.6) is 0 Å². The second kappa shape index (κ2) is 7.70. The van der Waals surface area contributed by atoms with Gasteiger partial charge in [0.1, 0.15) is 16.7 Å². The maximum absolute atomic E-state index is 4.93. The smallest absolute Gasteiger partial charge is 0.139 e. The fourth-order valence-corrected chi connectivity index (χ4v) is 5.75. The Morgan fingerprint density at radius 3 is 2.89 bits per heavy atom. The molecule has 7 heteroatoms. The quantitative estimate of drug-likeness (QED) is 0.432. The van der Waals surface area contributed by atoms with Crippen LogP contribution in [0.1, 0.15) is 41.5 Å². The van der Waals surface area contributed by atoms with E-state index in [1.165, 1.54) is 39.8 Å². The van der Waals surface area contributed by atoms with Gasteiger partial charge in [-0.2, -0.15) is 0 Å². The van der Waals surface area contributed by atoms with Crippen LogP contribution in [0.3, 0.4) is 0 Å². The molecule has 4 heterocycles. The van der Waals surface area contributed by atoms with Crippen LogP contribution in [0.4, 0.5) is 0 Å². The third kappa shape index (κ3) is 3.42. The maximum Gasteiger partial charge on any atom is 0.139 e. The van der Waals surface area contributed by atoms with Crippen molar-refractivity contribution in [1.82, 2.24) is 19.7 Å². The van der Waals surface area contributed by atoms with Crippen molar-refractivity contribution < 1.29 is 0 Å². The van der Waals surface area contributed by atoms with E-state index in [4.69, 9.17) is 4.98 Å². The van der Waals surface area contributed by atoms with Crippen molar-refractivity contribution in [3.63, 3.8) is 0 Å². The molecule has 1 aliphatic heterocycles. The summed E-state index contributed by atoms with van der Waals surface area (Å²) in [5.41, 5.74) is 2.43. The van der Waals surface area contributed by atoms with Crippen molar-refractivity contribution in [3.05, 3.63) is 51.9 Å². The summed E-state index contributed by atoms with van der Waals surface area (Å²) in [7, 11) is 0. The van der Waals surface area contributed by atoms with Gasteiger partial charge in [-0.25, -0.2) is 4.98 Å². The van der Waals surface area contributed by atoms with E-state index in [1.54, 1.807) is 11.3 Å². The maximum atomic E-state index is 4.93. The van der Waals surface area contributed by atoms with Crippen molar-refractivity contribution in [2.75, 3.05) is 0 Å². The lowest BCUT2D eigenvalue weighted by atomic mass is 10.1. The molecule has 0 aliphatic carbocycles. The summed E-state index contributed by atoms with van der Waals surface area (Å²) in [6.07, 6.45) is 5.57. The number of thiophene rings is 1. The molecule has 0 saturated heterocycles. The third-order valence-electron chi connectivity index (χ3n) is 5.12. The number of rotatable bonds is 3. The number of hydrogen-bond acceptors (Lipinski definition) is 5. The van der Waals surface area contributed by atoms with Crippen LogP contribution in [-0.4, -0.2) is 19.7 Å². The van der Waals surface area contributed by atoms with E-state index in [1.807, 2.05) is 11.3 Å². The van der Waals surface area contributed by atoms with Crippen LogP contribution < -0.4 is 0 Å². The fraction of sp³-hybridized carbons (Fsp3) is 0.350. The first-order valence-electron chi connectivity index (χ1n) is 9.13. The minimum Gasteiger partial charge on any atom is -0.315 e. The number of fused-ring (bicyclic) bond motifs is 2. The molecule has 4 aromatic rings. The molecular formula is C20H21ClN4S2. The molecule has 0 amide bonds. The van der Waals surface area contributed by atoms with Crippen LogP contribution in [0.25, 0.3) is 20.7 Å². The predicted octanol–water partition coefficient (Wildman–Crippen LogP) is 5.66. The predicted molar refractivity (Wildman–Crippen MR) is 115 cm³/mol. The Morgan fingerprint density at radius 2 is 2.00 bits per heavy atom. The summed E-state index contributed by atoms with van der Waals surface area (Å²) >= 11 is 3.57. The molecule has 0 radical (unpaired) electrons. The lowest BCUT2D eigenvalue weighted by molar-refractivity contribution is 0.611. The largest absolute Gasteiger partial charge is 0.315 e. The van der Waals surface area contributed by atoms with Gasteiger partial charge >= 0.3 is 0 Å². The van der Waals surface area contributed by atoms with Gasteiger partial charge in [-0.05, 0) is 36.8 Å². The fourth-order valence-electron chi connectivity index (χ4n) is 3.73. The second-order valence-electron chi connectivity index (χ2n) is 6.85. The normalized spacial score (nSPS) is 14.0. The standard InChI is InChI=1S/C20H20N4S2.ClH/c1-13-14-7-4-5-8-16(14)26-20(13)15-12-25-19(21-15)11-18-23-22-17-9-3-2-6-10-24(17)18;/h4-5,7-8,12H,2-3,6,9-11H2,1H3;1H. The molecule has 4 nitrogen and oxygen atoms in total. The molecule has 0 spiro atoms. The number of nitrogens with zero attached hydrogens (tertiary/aromatic N) is 4. The van der Waals surface area contributed by atoms with Gasteiger partial charge in [0, 0.05) is 23.0 Å². The van der Waals surface area contributed by atoms with Gasteiger partial charge in [-0.3, -0.25) is 0 Å². The third-order valence-corrected chi connectivity index (χ3v) is 7.27. The zero-order valence-corrected chi connectivity index (χ0v) is 17.6. The molecule has 1 aliphatic rings. The highest BCUT2D eigenvalue weighted by molar-refractivity contribution is 7.22. The highest BCUT2D eigenvalue weighted by Gasteiger charge is 2.17. The Labute approximate surface area is 172 Å². The average Bonchev–Trinajstić information content (AvgIpc) is 3.30. The van der Waals surface area contributed by atoms with Gasteiger partial charge in [-0.15, -0.1) is 45.3 Å². The molecule has 3 aromatic heterocycles. The van der Waals surface area contributed by atoms with E-state index in [2.05, 4.69) is 51.3 Å². The summed E-state index contributed by atoms with van der Waals surface area (Å²) in [6, 6.07) is 8.60. The number of halogens is 1. The molecule has 0 N–H and O–H groups in total. The monoisotopic (exact) mass is 416 g/mol. The average molecular weight is 417 g/mol. The van der Waals surface area contributed by atoms with Gasteiger partial charge in [0.15, 0.2) is 0 Å². The lowest BCUT2D eigenvalue weighted by Crippen LogP contribution is -2.06. The number of thiazole rings is 1. The van der Waals surface area contributed by atoms with E-state index in [9.17, 15) is 0 Å². The van der Waals surface area contributed by atoms with E-state index in [0.717, 1.165) is 41.7 Å². The summed E-state index contributed by atoms with van der Waals surface area (Å²) in [6.45, 7) is 3.25. The molecule has 5 rings (SSSR count). The highest BCUT2D eigenvalue weighted by Crippen LogP contribution is 2.38. The topological polar surface area (TPSA) is 43.6 Å². The van der Waals surface area contributed by atoms with Crippen LogP contribution in [0, 0.1) is 6.92 Å². The number of hydrogen-bond donors (Lipinski definition) is 0. The summed E-state index contributed by atoms with van der Waals surface area (Å²) < 4.78 is 3.65. The van der Waals surface area contributed by atoms with E-state index < -0.39 is 0 Å². The van der Waals surface area contributed by atoms with E-state index in [0.29, 0.717) is 0 Å². The number of aryl methyl sites for hydroxylation is 2. The van der Waals surface area contributed by atoms with Gasteiger partial charge in [0.25, 0.3) is 0 Å². The highest BCUT2D eigenvalue weighted by atomic mass is 35.5. The summed E-state index contributed by atoms with van der Waals surface area (Å²) in [4.78, 5) is 6.22. The Bertz CT molecular complexity index is 1080. The zero-order chi connectivity index (χ0) is 17.5. The molecule has 0 saturated carbocycles. The van der Waals surface area contributed by atoms with Crippen molar-refractivity contribution in [1.29, 1.82) is 0 Å². The van der Waals surface area contributed by atoms with Crippen LogP contribution in [0.15, 0.2) is 29.6 Å². The Morgan fingerprint density at radius 1 is 1.11 bits per heavy atom. The molecule has 27 heavy (non-hydrogen) atoms. The second-order valence-corrected chi connectivity index (χ2v) is 8.85.